The number of sulfone groups is 1. The third kappa shape index (κ3) is 9.73. The number of hydrogen-bond acceptors (Lipinski definition) is 7. The number of alkyl halides is 3. The number of benzene rings is 2. The first-order valence-electron chi connectivity index (χ1n) is 11.2. The van der Waals surface area contributed by atoms with Crippen molar-refractivity contribution in [1.82, 2.24) is 0 Å². The molecule has 2 rings (SSSR count). The molecule has 202 valence electrons. The molecule has 0 spiro atoms. The van der Waals surface area contributed by atoms with Crippen LogP contribution >= 0.6 is 0 Å². The van der Waals surface area contributed by atoms with Gasteiger partial charge >= 0.3 is 6.36 Å². The van der Waals surface area contributed by atoms with Crippen molar-refractivity contribution < 1.29 is 45.3 Å². The van der Waals surface area contributed by atoms with Crippen LogP contribution in [0.5, 0.6) is 17.2 Å². The summed E-state index contributed by atoms with van der Waals surface area (Å²) in [5.41, 5.74) is 0. The molecule has 0 saturated heterocycles. The van der Waals surface area contributed by atoms with Gasteiger partial charge in [-0.15, -0.1) is 13.2 Å². The Kier molecular flexibility index (Phi) is 9.99. The van der Waals surface area contributed by atoms with E-state index in [4.69, 9.17) is 13.9 Å². The van der Waals surface area contributed by atoms with Crippen LogP contribution in [-0.4, -0.2) is 59.9 Å². The second-order valence-electron chi connectivity index (χ2n) is 9.71. The number of hydrogen-bond donors (Lipinski definition) is 1. The fraction of sp³-hybridized carbons (Fsp3) is 0.500. The van der Waals surface area contributed by atoms with Gasteiger partial charge in [0.1, 0.15) is 17.2 Å². The lowest BCUT2D eigenvalue weighted by molar-refractivity contribution is -0.274. The maximum Gasteiger partial charge on any atom is 0.573 e. The molecule has 0 aromatic heterocycles. The van der Waals surface area contributed by atoms with Crippen LogP contribution in [-0.2, 0) is 19.0 Å². The largest absolute Gasteiger partial charge is 0.573 e. The molecule has 12 heteroatoms. The highest BCUT2D eigenvalue weighted by Gasteiger charge is 2.37. The SMILES string of the molecule is CC(C)(C)[Si](C)(C)OCCOCC(O)CS(=O)(=O)c1ccc(Oc2ccc(OC(F)(F)F)cc2)cc1. The van der Waals surface area contributed by atoms with Gasteiger partial charge in [-0.2, -0.15) is 0 Å². The zero-order chi connectivity index (χ0) is 27.2. The quantitative estimate of drug-likeness (QED) is 0.274. The van der Waals surface area contributed by atoms with Crippen LogP contribution in [0.1, 0.15) is 20.8 Å². The number of ether oxygens (including phenoxy) is 3. The molecule has 0 saturated carbocycles. The summed E-state index contributed by atoms with van der Waals surface area (Å²) in [6, 6.07) is 10.3. The molecule has 2 aromatic carbocycles. The fourth-order valence-corrected chi connectivity index (χ4v) is 5.12. The molecule has 36 heavy (non-hydrogen) atoms. The molecule has 2 aromatic rings. The minimum atomic E-state index is -4.79. The molecule has 1 atom stereocenters. The Balaban J connectivity index is 1.83. The second-order valence-corrected chi connectivity index (χ2v) is 16.6. The molecule has 0 aliphatic carbocycles. The summed E-state index contributed by atoms with van der Waals surface area (Å²) in [6.45, 7) is 11.1. The van der Waals surface area contributed by atoms with Gasteiger partial charge in [0.05, 0.1) is 36.6 Å². The third-order valence-electron chi connectivity index (χ3n) is 5.69. The maximum atomic E-state index is 12.6. The summed E-state index contributed by atoms with van der Waals surface area (Å²) in [4.78, 5) is -0.0101. The Labute approximate surface area is 211 Å². The van der Waals surface area contributed by atoms with Gasteiger partial charge in [-0.25, -0.2) is 8.42 Å². The smallest absolute Gasteiger partial charge is 0.457 e. The molecular weight excluding hydrogens is 517 g/mol. The van der Waals surface area contributed by atoms with Crippen molar-refractivity contribution in [2.24, 2.45) is 0 Å². The second kappa shape index (κ2) is 11.9. The Morgan fingerprint density at radius 3 is 1.89 bits per heavy atom. The summed E-state index contributed by atoms with van der Waals surface area (Å²) in [6.07, 6.45) is -6.00. The van der Waals surface area contributed by atoms with Crippen molar-refractivity contribution in [2.75, 3.05) is 25.6 Å². The van der Waals surface area contributed by atoms with E-state index in [2.05, 4.69) is 38.6 Å². The molecule has 0 aliphatic rings. The van der Waals surface area contributed by atoms with Crippen LogP contribution in [0.15, 0.2) is 53.4 Å². The van der Waals surface area contributed by atoms with E-state index in [0.29, 0.717) is 6.61 Å². The molecule has 0 fully saturated rings. The molecule has 0 bridgehead atoms. The number of halogens is 3. The van der Waals surface area contributed by atoms with E-state index < -0.39 is 36.4 Å². The molecule has 0 radical (unpaired) electrons. The Morgan fingerprint density at radius 1 is 0.889 bits per heavy atom. The highest BCUT2D eigenvalue weighted by Crippen LogP contribution is 2.36. The highest BCUT2D eigenvalue weighted by molar-refractivity contribution is 7.91. The average Bonchev–Trinajstić information content (AvgIpc) is 2.73. The molecular formula is C24H33F3O7SSi. The van der Waals surface area contributed by atoms with Gasteiger partial charge in [-0.1, -0.05) is 20.8 Å². The van der Waals surface area contributed by atoms with Gasteiger partial charge in [0.25, 0.3) is 0 Å². The predicted molar refractivity (Wildman–Crippen MR) is 132 cm³/mol. The van der Waals surface area contributed by atoms with E-state index >= 15 is 0 Å². The van der Waals surface area contributed by atoms with E-state index in [9.17, 15) is 26.7 Å². The molecule has 0 amide bonds. The normalized spacial score (nSPS) is 13.9. The monoisotopic (exact) mass is 550 g/mol. The lowest BCUT2D eigenvalue weighted by atomic mass is 10.2. The minimum absolute atomic E-state index is 0.0101. The van der Waals surface area contributed by atoms with Crippen molar-refractivity contribution in [2.45, 2.75) is 56.3 Å². The van der Waals surface area contributed by atoms with Gasteiger partial charge in [-0.3, -0.25) is 0 Å². The van der Waals surface area contributed by atoms with Crippen LogP contribution in [0, 0.1) is 0 Å². The van der Waals surface area contributed by atoms with E-state index in [1.165, 1.54) is 36.4 Å². The van der Waals surface area contributed by atoms with Gasteiger partial charge < -0.3 is 23.7 Å². The minimum Gasteiger partial charge on any atom is -0.457 e. The lowest BCUT2D eigenvalue weighted by Crippen LogP contribution is -2.41. The number of rotatable bonds is 12. The van der Waals surface area contributed by atoms with Crippen LogP contribution in [0.3, 0.4) is 0 Å². The fourth-order valence-electron chi connectivity index (χ4n) is 2.75. The maximum absolute atomic E-state index is 12.6. The summed E-state index contributed by atoms with van der Waals surface area (Å²) >= 11 is 0. The molecule has 1 unspecified atom stereocenters. The van der Waals surface area contributed by atoms with E-state index in [1.54, 1.807) is 0 Å². The Morgan fingerprint density at radius 2 is 1.39 bits per heavy atom. The van der Waals surface area contributed by atoms with E-state index in [0.717, 1.165) is 12.1 Å². The predicted octanol–water partition coefficient (Wildman–Crippen LogP) is 5.55. The zero-order valence-electron chi connectivity index (χ0n) is 21.0. The molecule has 0 aliphatic heterocycles. The summed E-state index contributed by atoms with van der Waals surface area (Å²) in [5, 5.41) is 10.2. The lowest BCUT2D eigenvalue weighted by Gasteiger charge is -2.36. The van der Waals surface area contributed by atoms with Crippen LogP contribution < -0.4 is 9.47 Å². The first kappa shape index (κ1) is 30.1. The van der Waals surface area contributed by atoms with Gasteiger partial charge in [0.2, 0.25) is 0 Å². The van der Waals surface area contributed by atoms with E-state index in [1.807, 2.05) is 0 Å². The van der Waals surface area contributed by atoms with Crippen LogP contribution in [0.2, 0.25) is 18.1 Å². The first-order valence-corrected chi connectivity index (χ1v) is 15.8. The standard InChI is InChI=1S/C24H33F3O7SSi/c1-23(2,3)36(4,5)32-15-14-31-16-18(28)17-35(29,30)22-12-10-20(11-13-22)33-19-6-8-21(9-7-19)34-24(25,26)27/h6-13,18,28H,14-17H2,1-5H3. The van der Waals surface area contributed by atoms with Crippen molar-refractivity contribution in [3.63, 3.8) is 0 Å². The molecule has 1 N–H and O–H groups in total. The van der Waals surface area contributed by atoms with E-state index in [-0.39, 0.29) is 40.4 Å². The summed E-state index contributed by atoms with van der Waals surface area (Å²) in [7, 11) is -5.69. The van der Waals surface area contributed by atoms with Crippen molar-refractivity contribution in [1.29, 1.82) is 0 Å². The van der Waals surface area contributed by atoms with Crippen molar-refractivity contribution in [3.8, 4) is 17.2 Å². The zero-order valence-corrected chi connectivity index (χ0v) is 22.8. The molecule has 0 heterocycles. The Hall–Kier alpha value is -2.12. The van der Waals surface area contributed by atoms with Crippen LogP contribution in [0.25, 0.3) is 0 Å². The number of aliphatic hydroxyl groups excluding tert-OH is 1. The van der Waals surface area contributed by atoms with Gasteiger partial charge in [0, 0.05) is 0 Å². The summed E-state index contributed by atoms with van der Waals surface area (Å²) < 4.78 is 82.6. The van der Waals surface area contributed by atoms with Crippen molar-refractivity contribution >= 4 is 18.2 Å². The van der Waals surface area contributed by atoms with Gasteiger partial charge in [-0.05, 0) is 66.7 Å². The van der Waals surface area contributed by atoms with Crippen LogP contribution in [0.4, 0.5) is 13.2 Å². The molecule has 7 nitrogen and oxygen atoms in total. The number of aliphatic hydroxyl groups is 1. The third-order valence-corrected chi connectivity index (χ3v) is 12.0. The highest BCUT2D eigenvalue weighted by atomic mass is 32.2. The van der Waals surface area contributed by atoms with Crippen molar-refractivity contribution in [3.05, 3.63) is 48.5 Å². The topological polar surface area (TPSA) is 91.3 Å². The van der Waals surface area contributed by atoms with Gasteiger partial charge in [0.15, 0.2) is 18.2 Å². The first-order chi connectivity index (χ1) is 16.5. The average molecular weight is 551 g/mol. The summed E-state index contributed by atoms with van der Waals surface area (Å²) in [5.74, 6) is -0.381. The Bertz CT molecular complexity index is 1060.